The van der Waals surface area contributed by atoms with Crippen LogP contribution in [-0.4, -0.2) is 16.9 Å². The number of anilines is 1. The number of halogens is 1. The van der Waals surface area contributed by atoms with Crippen molar-refractivity contribution >= 4 is 11.7 Å². The number of amides is 1. The van der Waals surface area contributed by atoms with Gasteiger partial charge in [-0.15, -0.1) is 0 Å². The Morgan fingerprint density at radius 1 is 1.58 bits per heavy atom. The average Bonchev–Trinajstić information content (AvgIpc) is 2.41. The number of pyridine rings is 1. The molecule has 1 aromatic heterocycles. The van der Waals surface area contributed by atoms with E-state index in [-0.39, 0.29) is 23.3 Å². The summed E-state index contributed by atoms with van der Waals surface area (Å²) in [5.74, 6) is -0.135. The fraction of sp³-hybridized carbons (Fsp3) is 0.571. The van der Waals surface area contributed by atoms with Gasteiger partial charge in [0.25, 0.3) is 5.91 Å². The highest BCUT2D eigenvalue weighted by molar-refractivity contribution is 5.98. The lowest BCUT2D eigenvalue weighted by molar-refractivity contribution is 0.0919. The van der Waals surface area contributed by atoms with Crippen LogP contribution in [-0.2, 0) is 0 Å². The molecule has 104 valence electrons. The van der Waals surface area contributed by atoms with Crippen LogP contribution in [0.15, 0.2) is 12.3 Å². The molecule has 0 aromatic carbocycles. The fourth-order valence-corrected chi connectivity index (χ4v) is 2.69. The molecule has 2 atom stereocenters. The summed E-state index contributed by atoms with van der Waals surface area (Å²) in [5, 5.41) is 2.94. The van der Waals surface area contributed by atoms with Crippen LogP contribution < -0.4 is 11.1 Å². The van der Waals surface area contributed by atoms with Crippen LogP contribution in [0.5, 0.6) is 0 Å². The minimum atomic E-state index is -0.547. The second-order valence-electron chi connectivity index (χ2n) is 5.20. The predicted octanol–water partition coefficient (Wildman–Crippen LogP) is 2.50. The van der Waals surface area contributed by atoms with Crippen molar-refractivity contribution in [2.75, 3.05) is 5.73 Å². The molecule has 0 saturated heterocycles. The number of rotatable bonds is 3. The van der Waals surface area contributed by atoms with E-state index in [0.717, 1.165) is 37.9 Å². The second kappa shape index (κ2) is 5.99. The topological polar surface area (TPSA) is 68.0 Å². The molecule has 1 aliphatic rings. The van der Waals surface area contributed by atoms with Gasteiger partial charge in [0.1, 0.15) is 11.6 Å². The SMILES string of the molecule is CCC1CCCC(NC(=O)c2cc(F)cnc2N)C1. The Balaban J connectivity index is 2.02. The third-order valence-electron chi connectivity index (χ3n) is 3.83. The van der Waals surface area contributed by atoms with E-state index in [0.29, 0.717) is 5.92 Å². The maximum absolute atomic E-state index is 13.1. The maximum Gasteiger partial charge on any atom is 0.255 e. The molecule has 0 spiro atoms. The Labute approximate surface area is 112 Å². The molecule has 2 unspecified atom stereocenters. The zero-order valence-electron chi connectivity index (χ0n) is 11.2. The van der Waals surface area contributed by atoms with Gasteiger partial charge in [0.15, 0.2) is 0 Å². The summed E-state index contributed by atoms with van der Waals surface area (Å²) in [4.78, 5) is 15.7. The molecule has 1 saturated carbocycles. The standard InChI is InChI=1S/C14H20FN3O/c1-2-9-4-3-5-11(6-9)18-14(19)12-7-10(15)8-17-13(12)16/h7-9,11H,2-6H2,1H3,(H2,16,17)(H,18,19). The molecule has 4 nitrogen and oxygen atoms in total. The number of nitrogen functional groups attached to an aromatic ring is 1. The molecule has 1 aliphatic carbocycles. The zero-order chi connectivity index (χ0) is 13.8. The maximum atomic E-state index is 13.1. The van der Waals surface area contributed by atoms with Crippen molar-refractivity contribution in [2.24, 2.45) is 5.92 Å². The van der Waals surface area contributed by atoms with Gasteiger partial charge in [0.05, 0.1) is 11.8 Å². The molecule has 19 heavy (non-hydrogen) atoms. The number of carbonyl (C=O) groups is 1. The fourth-order valence-electron chi connectivity index (χ4n) is 2.69. The van der Waals surface area contributed by atoms with E-state index < -0.39 is 5.82 Å². The van der Waals surface area contributed by atoms with E-state index in [1.165, 1.54) is 6.42 Å². The number of nitrogens with zero attached hydrogens (tertiary/aromatic N) is 1. The van der Waals surface area contributed by atoms with Gasteiger partial charge in [-0.1, -0.05) is 26.2 Å². The summed E-state index contributed by atoms with van der Waals surface area (Å²) in [7, 11) is 0. The van der Waals surface area contributed by atoms with Crippen molar-refractivity contribution in [3.63, 3.8) is 0 Å². The number of aromatic nitrogens is 1. The van der Waals surface area contributed by atoms with Crippen molar-refractivity contribution in [3.8, 4) is 0 Å². The molecular formula is C14H20FN3O. The van der Waals surface area contributed by atoms with Gasteiger partial charge >= 0.3 is 0 Å². The van der Waals surface area contributed by atoms with E-state index in [1.807, 2.05) is 0 Å². The lowest BCUT2D eigenvalue weighted by atomic mass is 9.84. The van der Waals surface area contributed by atoms with Crippen LogP contribution >= 0.6 is 0 Å². The van der Waals surface area contributed by atoms with Crippen molar-refractivity contribution in [1.82, 2.24) is 10.3 Å². The first-order chi connectivity index (χ1) is 9.10. The Morgan fingerprint density at radius 2 is 2.37 bits per heavy atom. The van der Waals surface area contributed by atoms with Gasteiger partial charge in [-0.3, -0.25) is 4.79 Å². The van der Waals surface area contributed by atoms with Crippen LogP contribution in [0.25, 0.3) is 0 Å². The molecule has 1 heterocycles. The van der Waals surface area contributed by atoms with Gasteiger partial charge in [-0.2, -0.15) is 0 Å². The molecule has 1 aromatic rings. The molecule has 3 N–H and O–H groups in total. The summed E-state index contributed by atoms with van der Waals surface area (Å²) in [6.07, 6.45) is 6.47. The van der Waals surface area contributed by atoms with Crippen molar-refractivity contribution in [1.29, 1.82) is 0 Å². The zero-order valence-corrected chi connectivity index (χ0v) is 11.2. The van der Waals surface area contributed by atoms with Gasteiger partial charge in [-0.05, 0) is 24.8 Å². The number of carbonyl (C=O) groups excluding carboxylic acids is 1. The molecule has 1 fully saturated rings. The van der Waals surface area contributed by atoms with Crippen LogP contribution in [0.4, 0.5) is 10.2 Å². The highest BCUT2D eigenvalue weighted by Crippen LogP contribution is 2.26. The number of nitrogens with one attached hydrogen (secondary N) is 1. The van der Waals surface area contributed by atoms with Gasteiger partial charge < -0.3 is 11.1 Å². The van der Waals surface area contributed by atoms with Crippen LogP contribution in [0.1, 0.15) is 49.4 Å². The Morgan fingerprint density at radius 3 is 3.11 bits per heavy atom. The smallest absolute Gasteiger partial charge is 0.255 e. The van der Waals surface area contributed by atoms with Gasteiger partial charge in [0.2, 0.25) is 0 Å². The van der Waals surface area contributed by atoms with Crippen molar-refractivity contribution in [3.05, 3.63) is 23.6 Å². The third-order valence-corrected chi connectivity index (χ3v) is 3.83. The number of hydrogen-bond acceptors (Lipinski definition) is 3. The summed E-state index contributed by atoms with van der Waals surface area (Å²) in [6, 6.07) is 1.30. The van der Waals surface area contributed by atoms with Gasteiger partial charge in [0, 0.05) is 6.04 Å². The summed E-state index contributed by atoms with van der Waals surface area (Å²) in [5.41, 5.74) is 5.73. The summed E-state index contributed by atoms with van der Waals surface area (Å²) in [6.45, 7) is 2.17. The van der Waals surface area contributed by atoms with Crippen molar-refractivity contribution in [2.45, 2.75) is 45.1 Å². The first-order valence-corrected chi connectivity index (χ1v) is 6.82. The number of nitrogens with two attached hydrogens (primary N) is 1. The lowest BCUT2D eigenvalue weighted by Crippen LogP contribution is -2.38. The molecule has 2 rings (SSSR count). The highest BCUT2D eigenvalue weighted by Gasteiger charge is 2.23. The molecule has 0 bridgehead atoms. The van der Waals surface area contributed by atoms with Crippen LogP contribution in [0, 0.1) is 11.7 Å². The summed E-state index contributed by atoms with van der Waals surface area (Å²) >= 11 is 0. The first kappa shape index (κ1) is 13.8. The Hall–Kier alpha value is -1.65. The van der Waals surface area contributed by atoms with E-state index in [4.69, 9.17) is 5.73 Å². The van der Waals surface area contributed by atoms with E-state index in [9.17, 15) is 9.18 Å². The van der Waals surface area contributed by atoms with Gasteiger partial charge in [-0.25, -0.2) is 9.37 Å². The highest BCUT2D eigenvalue weighted by atomic mass is 19.1. The molecule has 0 aliphatic heterocycles. The van der Waals surface area contributed by atoms with E-state index >= 15 is 0 Å². The number of hydrogen-bond donors (Lipinski definition) is 2. The Bertz CT molecular complexity index is 464. The molecule has 0 radical (unpaired) electrons. The molecule has 5 heteroatoms. The van der Waals surface area contributed by atoms with E-state index in [2.05, 4.69) is 17.2 Å². The predicted molar refractivity (Wildman–Crippen MR) is 72.1 cm³/mol. The molecule has 1 amide bonds. The minimum absolute atomic E-state index is 0.0711. The van der Waals surface area contributed by atoms with Crippen LogP contribution in [0.3, 0.4) is 0 Å². The first-order valence-electron chi connectivity index (χ1n) is 6.82. The van der Waals surface area contributed by atoms with E-state index in [1.54, 1.807) is 0 Å². The normalized spacial score (nSPS) is 23.1. The van der Waals surface area contributed by atoms with Crippen molar-refractivity contribution < 1.29 is 9.18 Å². The Kier molecular flexibility index (Phi) is 4.35. The average molecular weight is 265 g/mol. The minimum Gasteiger partial charge on any atom is -0.383 e. The quantitative estimate of drug-likeness (QED) is 0.882. The second-order valence-corrected chi connectivity index (χ2v) is 5.20. The third kappa shape index (κ3) is 3.43. The molecular weight excluding hydrogens is 245 g/mol. The lowest BCUT2D eigenvalue weighted by Gasteiger charge is -2.29. The van der Waals surface area contributed by atoms with Crippen LogP contribution in [0.2, 0.25) is 0 Å². The monoisotopic (exact) mass is 265 g/mol. The summed E-state index contributed by atoms with van der Waals surface area (Å²) < 4.78 is 13.1. The largest absolute Gasteiger partial charge is 0.383 e.